The van der Waals surface area contributed by atoms with Crippen LogP contribution in [0.4, 0.5) is 11.4 Å². The van der Waals surface area contributed by atoms with Crippen molar-refractivity contribution < 1.29 is 4.74 Å². The van der Waals surface area contributed by atoms with Gasteiger partial charge < -0.3 is 9.64 Å². The Labute approximate surface area is 137 Å². The Hall–Kier alpha value is -2.29. The first kappa shape index (κ1) is 14.3. The molecule has 0 radical (unpaired) electrons. The van der Waals surface area contributed by atoms with E-state index in [1.165, 1.54) is 29.8 Å². The molecule has 3 nitrogen and oxygen atoms in total. The minimum Gasteiger partial charge on any atom is -0.497 e. The van der Waals surface area contributed by atoms with Gasteiger partial charge in [-0.15, -0.1) is 0 Å². The van der Waals surface area contributed by atoms with Gasteiger partial charge in [0.05, 0.1) is 18.5 Å². The summed E-state index contributed by atoms with van der Waals surface area (Å²) in [7, 11) is 1.71. The van der Waals surface area contributed by atoms with E-state index in [0.717, 1.165) is 30.9 Å². The number of nitrogens with zero attached hydrogens (tertiary/aromatic N) is 2. The highest BCUT2D eigenvalue weighted by atomic mass is 16.5. The van der Waals surface area contributed by atoms with Gasteiger partial charge >= 0.3 is 0 Å². The molecule has 0 bridgehead atoms. The molecule has 23 heavy (non-hydrogen) atoms. The van der Waals surface area contributed by atoms with Crippen LogP contribution in [-0.4, -0.2) is 19.4 Å². The largest absolute Gasteiger partial charge is 0.497 e. The van der Waals surface area contributed by atoms with E-state index >= 15 is 0 Å². The maximum atomic E-state index is 5.26. The van der Waals surface area contributed by atoms with Crippen LogP contribution >= 0.6 is 0 Å². The highest BCUT2D eigenvalue weighted by Gasteiger charge is 2.28. The molecule has 1 fully saturated rings. The standard InChI is InChI=1S/C20H22N2O/c1-23-17-11-9-15(10-12-17)13-22-14-16-5-4-7-18(16)21-19-6-2-3-8-20(19)22/h2-3,6,8-12,16H,4-5,7,13-14H2,1H3. The van der Waals surface area contributed by atoms with Crippen LogP contribution in [0.25, 0.3) is 0 Å². The second-order valence-corrected chi connectivity index (χ2v) is 6.41. The molecule has 4 rings (SSSR count). The normalized spacial score (nSPS) is 19.6. The molecule has 3 heteroatoms. The Bertz CT molecular complexity index is 721. The monoisotopic (exact) mass is 306 g/mol. The fraction of sp³-hybridized carbons (Fsp3) is 0.350. The van der Waals surface area contributed by atoms with Crippen molar-refractivity contribution in [3.63, 3.8) is 0 Å². The second-order valence-electron chi connectivity index (χ2n) is 6.41. The number of ether oxygens (including phenoxy) is 1. The SMILES string of the molecule is COc1ccc(CN2CC3CCCC3=Nc3ccccc32)cc1. The molecule has 0 spiro atoms. The van der Waals surface area contributed by atoms with Crippen molar-refractivity contribution in [2.24, 2.45) is 10.9 Å². The van der Waals surface area contributed by atoms with Gasteiger partial charge in [-0.25, -0.2) is 0 Å². The fourth-order valence-electron chi connectivity index (χ4n) is 3.69. The van der Waals surface area contributed by atoms with Gasteiger partial charge in [-0.1, -0.05) is 24.3 Å². The number of hydrogen-bond donors (Lipinski definition) is 0. The molecule has 1 aliphatic heterocycles. The molecule has 0 saturated heterocycles. The van der Waals surface area contributed by atoms with Crippen molar-refractivity contribution >= 4 is 17.1 Å². The van der Waals surface area contributed by atoms with Crippen LogP contribution in [-0.2, 0) is 6.54 Å². The molecular weight excluding hydrogens is 284 g/mol. The van der Waals surface area contributed by atoms with Gasteiger partial charge in [0.15, 0.2) is 0 Å². The Morgan fingerprint density at radius 1 is 1.13 bits per heavy atom. The topological polar surface area (TPSA) is 24.8 Å². The number of anilines is 1. The molecule has 2 aromatic rings. The minimum absolute atomic E-state index is 0.612. The smallest absolute Gasteiger partial charge is 0.118 e. The third-order valence-corrected chi connectivity index (χ3v) is 4.92. The van der Waals surface area contributed by atoms with Gasteiger partial charge in [0.2, 0.25) is 0 Å². The van der Waals surface area contributed by atoms with E-state index in [4.69, 9.17) is 9.73 Å². The summed E-state index contributed by atoms with van der Waals surface area (Å²) < 4.78 is 5.26. The first-order valence-electron chi connectivity index (χ1n) is 8.38. The highest BCUT2D eigenvalue weighted by molar-refractivity contribution is 5.94. The van der Waals surface area contributed by atoms with Crippen molar-refractivity contribution in [1.29, 1.82) is 0 Å². The van der Waals surface area contributed by atoms with Crippen molar-refractivity contribution in [3.05, 3.63) is 54.1 Å². The molecule has 1 heterocycles. The lowest BCUT2D eigenvalue weighted by molar-refractivity contribution is 0.414. The predicted molar refractivity (Wildman–Crippen MR) is 94.9 cm³/mol. The van der Waals surface area contributed by atoms with Gasteiger partial charge in [-0.05, 0) is 49.1 Å². The molecule has 2 aliphatic rings. The molecule has 0 N–H and O–H groups in total. The summed E-state index contributed by atoms with van der Waals surface area (Å²) in [5.41, 5.74) is 5.09. The number of methoxy groups -OCH3 is 1. The fourth-order valence-corrected chi connectivity index (χ4v) is 3.69. The number of para-hydroxylation sites is 2. The predicted octanol–water partition coefficient (Wildman–Crippen LogP) is 4.59. The molecule has 1 unspecified atom stereocenters. The molecule has 1 atom stereocenters. The summed E-state index contributed by atoms with van der Waals surface area (Å²) in [5, 5.41) is 0. The first-order valence-corrected chi connectivity index (χ1v) is 8.38. The van der Waals surface area contributed by atoms with E-state index in [1.54, 1.807) is 7.11 Å². The molecule has 2 aromatic carbocycles. The average Bonchev–Trinajstić information content (AvgIpc) is 2.96. The molecular formula is C20H22N2O. The summed E-state index contributed by atoms with van der Waals surface area (Å²) >= 11 is 0. The maximum absolute atomic E-state index is 5.26. The zero-order valence-electron chi connectivity index (χ0n) is 13.5. The van der Waals surface area contributed by atoms with Gasteiger partial charge in [-0.3, -0.25) is 4.99 Å². The molecule has 0 amide bonds. The summed E-state index contributed by atoms with van der Waals surface area (Å²) in [6, 6.07) is 16.9. The molecule has 118 valence electrons. The van der Waals surface area contributed by atoms with E-state index in [-0.39, 0.29) is 0 Å². The van der Waals surface area contributed by atoms with Crippen LogP contribution in [0.1, 0.15) is 24.8 Å². The Balaban J connectivity index is 1.65. The number of rotatable bonds is 3. The summed E-state index contributed by atoms with van der Waals surface area (Å²) in [6.45, 7) is 1.99. The lowest BCUT2D eigenvalue weighted by Crippen LogP contribution is -2.29. The van der Waals surface area contributed by atoms with Gasteiger partial charge in [0.1, 0.15) is 5.75 Å². The van der Waals surface area contributed by atoms with Crippen LogP contribution in [0.2, 0.25) is 0 Å². The second kappa shape index (κ2) is 6.07. The third-order valence-electron chi connectivity index (χ3n) is 4.92. The van der Waals surface area contributed by atoms with E-state index in [1.807, 2.05) is 12.1 Å². The number of hydrogen-bond acceptors (Lipinski definition) is 3. The zero-order chi connectivity index (χ0) is 15.6. The van der Waals surface area contributed by atoms with E-state index in [0.29, 0.717) is 5.92 Å². The Morgan fingerprint density at radius 3 is 2.78 bits per heavy atom. The van der Waals surface area contributed by atoms with Crippen LogP contribution in [0.5, 0.6) is 5.75 Å². The van der Waals surface area contributed by atoms with E-state index in [9.17, 15) is 0 Å². The van der Waals surface area contributed by atoms with E-state index < -0.39 is 0 Å². The van der Waals surface area contributed by atoms with Crippen LogP contribution in [0.15, 0.2) is 53.5 Å². The first-order chi connectivity index (χ1) is 11.3. The quantitative estimate of drug-likeness (QED) is 0.828. The lowest BCUT2D eigenvalue weighted by Gasteiger charge is -2.27. The van der Waals surface area contributed by atoms with Crippen molar-refractivity contribution in [2.45, 2.75) is 25.8 Å². The van der Waals surface area contributed by atoms with E-state index in [2.05, 4.69) is 41.3 Å². The van der Waals surface area contributed by atoms with Gasteiger partial charge in [0.25, 0.3) is 0 Å². The van der Waals surface area contributed by atoms with Crippen LogP contribution in [0, 0.1) is 5.92 Å². The number of benzene rings is 2. The Kier molecular flexibility index (Phi) is 3.78. The summed E-state index contributed by atoms with van der Waals surface area (Å²) in [6.07, 6.45) is 3.71. The highest BCUT2D eigenvalue weighted by Crippen LogP contribution is 2.37. The van der Waals surface area contributed by atoms with Crippen molar-refractivity contribution in [3.8, 4) is 5.75 Å². The van der Waals surface area contributed by atoms with Crippen molar-refractivity contribution in [1.82, 2.24) is 0 Å². The molecule has 0 aromatic heterocycles. The van der Waals surface area contributed by atoms with Crippen LogP contribution in [0.3, 0.4) is 0 Å². The summed E-state index contributed by atoms with van der Waals surface area (Å²) in [5.74, 6) is 1.52. The third kappa shape index (κ3) is 2.83. The molecule has 1 saturated carbocycles. The van der Waals surface area contributed by atoms with Gasteiger partial charge in [0, 0.05) is 24.7 Å². The Morgan fingerprint density at radius 2 is 1.96 bits per heavy atom. The van der Waals surface area contributed by atoms with Crippen molar-refractivity contribution in [2.75, 3.05) is 18.6 Å². The number of fused-ring (bicyclic) bond motifs is 2. The minimum atomic E-state index is 0.612. The lowest BCUT2D eigenvalue weighted by atomic mass is 10.1. The maximum Gasteiger partial charge on any atom is 0.118 e. The average molecular weight is 306 g/mol. The van der Waals surface area contributed by atoms with Crippen LogP contribution < -0.4 is 9.64 Å². The molecule has 1 aliphatic carbocycles. The summed E-state index contributed by atoms with van der Waals surface area (Å²) in [4.78, 5) is 7.47. The van der Waals surface area contributed by atoms with Gasteiger partial charge in [-0.2, -0.15) is 0 Å². The number of aliphatic imine (C=N–C) groups is 1. The zero-order valence-corrected chi connectivity index (χ0v) is 13.5.